The first-order valence-electron chi connectivity index (χ1n) is 9.90. The van der Waals surface area contributed by atoms with Crippen molar-refractivity contribution in [3.05, 3.63) is 59.7 Å². The fourth-order valence-electron chi connectivity index (χ4n) is 4.74. The molecule has 6 heteroatoms. The van der Waals surface area contributed by atoms with Crippen LogP contribution >= 0.6 is 0 Å². The van der Waals surface area contributed by atoms with Crippen LogP contribution in [0.2, 0.25) is 0 Å². The van der Waals surface area contributed by atoms with Gasteiger partial charge in [-0.25, -0.2) is 4.63 Å². The highest BCUT2D eigenvalue weighted by Crippen LogP contribution is 2.40. The second-order valence-corrected chi connectivity index (χ2v) is 8.15. The maximum atomic E-state index is 5.78. The number of hydrogen-bond donors (Lipinski definition) is 2. The van der Waals surface area contributed by atoms with Crippen molar-refractivity contribution in [1.82, 2.24) is 15.2 Å². The summed E-state index contributed by atoms with van der Waals surface area (Å²) in [7, 11) is 0. The second-order valence-electron chi connectivity index (χ2n) is 8.15. The van der Waals surface area contributed by atoms with Crippen LogP contribution in [0.5, 0.6) is 0 Å². The summed E-state index contributed by atoms with van der Waals surface area (Å²) in [5.41, 5.74) is 11.1. The van der Waals surface area contributed by atoms with Gasteiger partial charge in [0.1, 0.15) is 0 Å². The van der Waals surface area contributed by atoms with Crippen molar-refractivity contribution in [2.75, 3.05) is 17.6 Å². The SMILES string of the molecule is Cc1ccc(CN2C[C@H]3C[C@@H]2[C@H](Nc2ccc(-c4nonc4N)cc2)C3)cc1. The Kier molecular flexibility index (Phi) is 4.28. The largest absolute Gasteiger partial charge is 0.381 e. The Balaban J connectivity index is 1.26. The van der Waals surface area contributed by atoms with E-state index in [1.807, 2.05) is 12.1 Å². The van der Waals surface area contributed by atoms with Gasteiger partial charge in [0.05, 0.1) is 0 Å². The molecule has 2 aliphatic rings. The molecule has 144 valence electrons. The van der Waals surface area contributed by atoms with E-state index < -0.39 is 0 Å². The normalized spacial score (nSPS) is 24.0. The average Bonchev–Trinajstić information content (AvgIpc) is 3.40. The molecule has 1 aliphatic heterocycles. The third kappa shape index (κ3) is 3.24. The maximum Gasteiger partial charge on any atom is 0.196 e. The van der Waals surface area contributed by atoms with Gasteiger partial charge in [0, 0.05) is 36.4 Å². The number of nitrogens with zero attached hydrogens (tertiary/aromatic N) is 3. The zero-order valence-electron chi connectivity index (χ0n) is 16.0. The summed E-state index contributed by atoms with van der Waals surface area (Å²) in [6.45, 7) is 4.39. The van der Waals surface area contributed by atoms with Crippen LogP contribution in [0.15, 0.2) is 53.2 Å². The molecule has 1 aliphatic carbocycles. The van der Waals surface area contributed by atoms with E-state index in [1.54, 1.807) is 0 Å². The van der Waals surface area contributed by atoms with Gasteiger partial charge >= 0.3 is 0 Å². The molecule has 1 aromatic heterocycles. The standard InChI is InChI=1S/C22H25N5O/c1-14-2-4-15(5-3-14)12-27-13-16-10-19(20(27)11-16)24-18-8-6-17(7-9-18)21-22(23)26-28-25-21/h2-9,16,19-20,24H,10-13H2,1H3,(H2,23,26)/t16-,19-,20-/m1/s1. The fraction of sp³-hybridized carbons (Fsp3) is 0.364. The fourth-order valence-corrected chi connectivity index (χ4v) is 4.74. The third-order valence-corrected chi connectivity index (χ3v) is 6.12. The smallest absolute Gasteiger partial charge is 0.196 e. The van der Waals surface area contributed by atoms with Crippen molar-refractivity contribution in [3.63, 3.8) is 0 Å². The van der Waals surface area contributed by atoms with Gasteiger partial charge in [-0.2, -0.15) is 0 Å². The third-order valence-electron chi connectivity index (χ3n) is 6.12. The van der Waals surface area contributed by atoms with E-state index >= 15 is 0 Å². The molecule has 0 radical (unpaired) electrons. The summed E-state index contributed by atoms with van der Waals surface area (Å²) in [4.78, 5) is 2.65. The molecular formula is C22H25N5O. The van der Waals surface area contributed by atoms with Crippen LogP contribution in [0.4, 0.5) is 11.5 Å². The van der Waals surface area contributed by atoms with Gasteiger partial charge in [0.15, 0.2) is 11.5 Å². The number of anilines is 2. The summed E-state index contributed by atoms with van der Waals surface area (Å²) in [6, 6.07) is 18.2. The number of nitrogens with two attached hydrogens (primary N) is 1. The summed E-state index contributed by atoms with van der Waals surface area (Å²) < 4.78 is 4.69. The molecule has 2 heterocycles. The average molecular weight is 375 g/mol. The van der Waals surface area contributed by atoms with Gasteiger partial charge in [0.25, 0.3) is 0 Å². The molecule has 0 amide bonds. The zero-order valence-corrected chi connectivity index (χ0v) is 16.0. The molecule has 2 aromatic carbocycles. The van der Waals surface area contributed by atoms with Crippen LogP contribution in [0.1, 0.15) is 24.0 Å². The van der Waals surface area contributed by atoms with E-state index in [4.69, 9.17) is 10.4 Å². The Morgan fingerprint density at radius 3 is 2.54 bits per heavy atom. The van der Waals surface area contributed by atoms with E-state index in [0.29, 0.717) is 23.6 Å². The number of likely N-dealkylation sites (tertiary alicyclic amines) is 1. The minimum absolute atomic E-state index is 0.320. The van der Waals surface area contributed by atoms with Crippen LogP contribution in [0.25, 0.3) is 11.3 Å². The summed E-state index contributed by atoms with van der Waals surface area (Å²) in [5.74, 6) is 1.12. The molecule has 3 atom stereocenters. The molecule has 0 spiro atoms. The Labute approximate surface area is 164 Å². The highest BCUT2D eigenvalue weighted by atomic mass is 16.6. The van der Waals surface area contributed by atoms with E-state index in [2.05, 4.69) is 63.9 Å². The first-order chi connectivity index (χ1) is 13.7. The zero-order chi connectivity index (χ0) is 19.1. The minimum Gasteiger partial charge on any atom is -0.381 e. The number of aryl methyl sites for hydroxylation is 1. The predicted octanol–water partition coefficient (Wildman–Crippen LogP) is 3.70. The lowest BCUT2D eigenvalue weighted by Crippen LogP contribution is -2.44. The molecule has 2 bridgehead atoms. The molecule has 28 heavy (non-hydrogen) atoms. The van der Waals surface area contributed by atoms with E-state index in [1.165, 1.54) is 30.5 Å². The van der Waals surface area contributed by atoms with Crippen LogP contribution in [0, 0.1) is 12.8 Å². The highest BCUT2D eigenvalue weighted by molar-refractivity contribution is 5.70. The van der Waals surface area contributed by atoms with Crippen molar-refractivity contribution in [1.29, 1.82) is 0 Å². The lowest BCUT2D eigenvalue weighted by Gasteiger charge is -2.34. The van der Waals surface area contributed by atoms with Gasteiger partial charge in [0.2, 0.25) is 0 Å². The van der Waals surface area contributed by atoms with Crippen molar-refractivity contribution in [2.45, 2.75) is 38.4 Å². The Morgan fingerprint density at radius 1 is 1.07 bits per heavy atom. The van der Waals surface area contributed by atoms with Gasteiger partial charge in [-0.3, -0.25) is 4.90 Å². The monoisotopic (exact) mass is 375 g/mol. The van der Waals surface area contributed by atoms with E-state index in [0.717, 1.165) is 23.7 Å². The first kappa shape index (κ1) is 17.3. The second kappa shape index (κ2) is 6.95. The molecule has 3 N–H and O–H groups in total. The molecular weight excluding hydrogens is 350 g/mol. The number of benzene rings is 2. The van der Waals surface area contributed by atoms with E-state index in [-0.39, 0.29) is 0 Å². The van der Waals surface area contributed by atoms with Crippen LogP contribution in [-0.2, 0) is 6.54 Å². The van der Waals surface area contributed by atoms with Crippen molar-refractivity contribution in [2.24, 2.45) is 5.92 Å². The molecule has 5 rings (SSSR count). The molecule has 2 fully saturated rings. The van der Waals surface area contributed by atoms with E-state index in [9.17, 15) is 0 Å². The van der Waals surface area contributed by atoms with Gasteiger partial charge in [-0.05, 0) is 53.7 Å². The number of nitrogens with one attached hydrogen (secondary N) is 1. The maximum absolute atomic E-state index is 5.78. The van der Waals surface area contributed by atoms with Crippen molar-refractivity contribution in [3.8, 4) is 11.3 Å². The number of fused-ring (bicyclic) bond motifs is 2. The first-order valence-corrected chi connectivity index (χ1v) is 9.90. The molecule has 1 saturated carbocycles. The van der Waals surface area contributed by atoms with Gasteiger partial charge < -0.3 is 11.1 Å². The topological polar surface area (TPSA) is 80.2 Å². The van der Waals surface area contributed by atoms with Crippen LogP contribution in [0.3, 0.4) is 0 Å². The number of nitrogen functional groups attached to an aromatic ring is 1. The summed E-state index contributed by atoms with van der Waals surface area (Å²) >= 11 is 0. The number of rotatable bonds is 5. The number of hydrogen-bond acceptors (Lipinski definition) is 6. The predicted molar refractivity (Wildman–Crippen MR) is 110 cm³/mol. The van der Waals surface area contributed by atoms with Crippen molar-refractivity contribution >= 4 is 11.5 Å². The highest BCUT2D eigenvalue weighted by Gasteiger charge is 2.44. The van der Waals surface area contributed by atoms with Gasteiger partial charge in [-0.15, -0.1) is 0 Å². The number of piperidine rings is 1. The van der Waals surface area contributed by atoms with Crippen LogP contribution < -0.4 is 11.1 Å². The summed E-state index contributed by atoms with van der Waals surface area (Å²) in [5, 5.41) is 11.3. The molecule has 3 aromatic rings. The lowest BCUT2D eigenvalue weighted by atomic mass is 10.0. The Hall–Kier alpha value is -2.86. The lowest BCUT2D eigenvalue weighted by molar-refractivity contribution is 0.192. The van der Waals surface area contributed by atoms with Crippen LogP contribution in [-0.4, -0.2) is 33.8 Å². The minimum atomic E-state index is 0.320. The van der Waals surface area contributed by atoms with Crippen molar-refractivity contribution < 1.29 is 4.63 Å². The molecule has 0 unspecified atom stereocenters. The summed E-state index contributed by atoms with van der Waals surface area (Å²) in [6.07, 6.45) is 2.54. The quantitative estimate of drug-likeness (QED) is 0.708. The Bertz CT molecular complexity index is 950. The molecule has 1 saturated heterocycles. The Morgan fingerprint density at radius 2 is 1.86 bits per heavy atom. The van der Waals surface area contributed by atoms with Gasteiger partial charge in [-0.1, -0.05) is 42.0 Å². The molecule has 6 nitrogen and oxygen atoms in total. The number of aromatic nitrogens is 2.